The molecule has 0 heterocycles. The Kier molecular flexibility index (Phi) is 4.80. The Morgan fingerprint density at radius 1 is 1.56 bits per heavy atom. The second-order valence-corrected chi connectivity index (χ2v) is 4.38. The molecule has 3 nitrogen and oxygen atoms in total. The maximum absolute atomic E-state index is 11.8. The molecule has 16 heavy (non-hydrogen) atoms. The number of halogens is 1. The number of carbonyl (C=O) groups excluding carboxylic acids is 1. The molecule has 4 heteroatoms. The topological polar surface area (TPSA) is 49.3 Å². The fourth-order valence-corrected chi connectivity index (χ4v) is 1.89. The first-order valence-electron chi connectivity index (χ1n) is 5.25. The van der Waals surface area contributed by atoms with Crippen molar-refractivity contribution in [1.29, 1.82) is 0 Å². The highest BCUT2D eigenvalue weighted by atomic mass is 79.9. The van der Waals surface area contributed by atoms with Crippen LogP contribution in [0.4, 0.5) is 0 Å². The molecule has 88 valence electrons. The SMILES string of the molecule is CCC(CBr)NC(=O)c1ccc(C)c(O)c1. The second kappa shape index (κ2) is 5.89. The lowest BCUT2D eigenvalue weighted by atomic mass is 10.1. The zero-order valence-corrected chi connectivity index (χ0v) is 11.0. The van der Waals surface area contributed by atoms with Crippen LogP contribution in [-0.2, 0) is 0 Å². The molecule has 1 aromatic rings. The van der Waals surface area contributed by atoms with E-state index >= 15 is 0 Å². The number of hydrogen-bond donors (Lipinski definition) is 2. The third-order valence-corrected chi connectivity index (χ3v) is 3.27. The summed E-state index contributed by atoms with van der Waals surface area (Å²) >= 11 is 3.34. The average Bonchev–Trinajstić information content (AvgIpc) is 2.29. The van der Waals surface area contributed by atoms with E-state index in [1.54, 1.807) is 19.1 Å². The van der Waals surface area contributed by atoms with Gasteiger partial charge >= 0.3 is 0 Å². The van der Waals surface area contributed by atoms with Crippen LogP contribution in [-0.4, -0.2) is 22.4 Å². The van der Waals surface area contributed by atoms with Crippen LogP contribution in [0.25, 0.3) is 0 Å². The van der Waals surface area contributed by atoms with Crippen molar-refractivity contribution < 1.29 is 9.90 Å². The number of hydrogen-bond acceptors (Lipinski definition) is 2. The van der Waals surface area contributed by atoms with E-state index in [-0.39, 0.29) is 17.7 Å². The van der Waals surface area contributed by atoms with E-state index in [4.69, 9.17) is 0 Å². The Labute approximate surface area is 104 Å². The number of amides is 1. The summed E-state index contributed by atoms with van der Waals surface area (Å²) < 4.78 is 0. The van der Waals surface area contributed by atoms with E-state index in [1.165, 1.54) is 6.07 Å². The van der Waals surface area contributed by atoms with E-state index in [0.717, 1.165) is 17.3 Å². The van der Waals surface area contributed by atoms with Gasteiger partial charge < -0.3 is 10.4 Å². The fraction of sp³-hybridized carbons (Fsp3) is 0.417. The minimum absolute atomic E-state index is 0.121. The Balaban J connectivity index is 2.76. The van der Waals surface area contributed by atoms with Gasteiger partial charge in [0.1, 0.15) is 5.75 Å². The van der Waals surface area contributed by atoms with Crippen molar-refractivity contribution >= 4 is 21.8 Å². The van der Waals surface area contributed by atoms with Gasteiger partial charge in [-0.2, -0.15) is 0 Å². The van der Waals surface area contributed by atoms with Gasteiger partial charge in [-0.15, -0.1) is 0 Å². The van der Waals surface area contributed by atoms with Crippen LogP contribution in [0.5, 0.6) is 5.75 Å². The minimum atomic E-state index is -0.151. The molecule has 0 spiro atoms. The number of alkyl halides is 1. The maximum atomic E-state index is 11.8. The summed E-state index contributed by atoms with van der Waals surface area (Å²) in [5.74, 6) is 0.00106. The van der Waals surface area contributed by atoms with Crippen molar-refractivity contribution in [3.05, 3.63) is 29.3 Å². The van der Waals surface area contributed by atoms with Crippen LogP contribution in [0, 0.1) is 6.92 Å². The number of nitrogens with one attached hydrogen (secondary N) is 1. The quantitative estimate of drug-likeness (QED) is 0.836. The number of aryl methyl sites for hydroxylation is 1. The van der Waals surface area contributed by atoms with Gasteiger partial charge in [0.05, 0.1) is 0 Å². The maximum Gasteiger partial charge on any atom is 0.251 e. The lowest BCUT2D eigenvalue weighted by Crippen LogP contribution is -2.35. The smallest absolute Gasteiger partial charge is 0.251 e. The van der Waals surface area contributed by atoms with Crippen molar-refractivity contribution in [2.45, 2.75) is 26.3 Å². The van der Waals surface area contributed by atoms with E-state index in [9.17, 15) is 9.90 Å². The normalized spacial score (nSPS) is 12.2. The Bertz CT molecular complexity index is 375. The number of phenolic OH excluding ortho intramolecular Hbond substituents is 1. The summed E-state index contributed by atoms with van der Waals surface area (Å²) in [4.78, 5) is 11.8. The summed E-state index contributed by atoms with van der Waals surface area (Å²) in [5.41, 5.74) is 1.26. The molecule has 0 radical (unpaired) electrons. The van der Waals surface area contributed by atoms with Gasteiger partial charge in [-0.1, -0.05) is 28.9 Å². The monoisotopic (exact) mass is 285 g/mol. The van der Waals surface area contributed by atoms with Gasteiger partial charge in [0.2, 0.25) is 0 Å². The number of aromatic hydroxyl groups is 1. The molecule has 1 unspecified atom stereocenters. The van der Waals surface area contributed by atoms with Gasteiger partial charge in [-0.3, -0.25) is 4.79 Å². The van der Waals surface area contributed by atoms with E-state index in [2.05, 4.69) is 21.2 Å². The molecule has 0 aliphatic carbocycles. The molecule has 1 amide bonds. The number of carbonyl (C=O) groups is 1. The third-order valence-electron chi connectivity index (χ3n) is 2.49. The van der Waals surface area contributed by atoms with Crippen LogP contribution in [0.3, 0.4) is 0 Å². The summed E-state index contributed by atoms with van der Waals surface area (Å²) in [5, 5.41) is 13.1. The predicted molar refractivity (Wildman–Crippen MR) is 68.2 cm³/mol. The molecule has 0 fully saturated rings. The molecule has 0 bridgehead atoms. The van der Waals surface area contributed by atoms with Gasteiger partial charge in [-0.05, 0) is 31.0 Å². The first kappa shape index (κ1) is 13.0. The van der Waals surface area contributed by atoms with Crippen molar-refractivity contribution in [2.75, 3.05) is 5.33 Å². The van der Waals surface area contributed by atoms with Gasteiger partial charge in [0, 0.05) is 16.9 Å². The van der Waals surface area contributed by atoms with Crippen LogP contribution >= 0.6 is 15.9 Å². The van der Waals surface area contributed by atoms with Gasteiger partial charge in [0.25, 0.3) is 5.91 Å². The molecular weight excluding hydrogens is 270 g/mol. The van der Waals surface area contributed by atoms with Gasteiger partial charge in [-0.25, -0.2) is 0 Å². The first-order chi connectivity index (χ1) is 7.58. The highest BCUT2D eigenvalue weighted by Crippen LogP contribution is 2.17. The number of rotatable bonds is 4. The van der Waals surface area contributed by atoms with Crippen molar-refractivity contribution in [2.24, 2.45) is 0 Å². The Morgan fingerprint density at radius 2 is 2.25 bits per heavy atom. The minimum Gasteiger partial charge on any atom is -0.508 e. The highest BCUT2D eigenvalue weighted by Gasteiger charge is 2.11. The lowest BCUT2D eigenvalue weighted by Gasteiger charge is -2.14. The molecule has 1 rings (SSSR count). The highest BCUT2D eigenvalue weighted by molar-refractivity contribution is 9.09. The second-order valence-electron chi connectivity index (χ2n) is 3.73. The summed E-state index contributed by atoms with van der Waals surface area (Å²) in [6, 6.07) is 5.06. The predicted octanol–water partition coefficient (Wildman–Crippen LogP) is 2.60. The van der Waals surface area contributed by atoms with Crippen LogP contribution in [0.2, 0.25) is 0 Å². The Hall–Kier alpha value is -1.03. The lowest BCUT2D eigenvalue weighted by molar-refractivity contribution is 0.0940. The third kappa shape index (κ3) is 3.23. The molecule has 0 saturated carbocycles. The average molecular weight is 286 g/mol. The van der Waals surface area contributed by atoms with E-state index in [0.29, 0.717) is 5.56 Å². The molecule has 0 aliphatic rings. The van der Waals surface area contributed by atoms with Gasteiger partial charge in [0.15, 0.2) is 0 Å². The zero-order chi connectivity index (χ0) is 12.1. The summed E-state index contributed by atoms with van der Waals surface area (Å²) in [6.07, 6.45) is 0.870. The van der Waals surface area contributed by atoms with Crippen molar-refractivity contribution in [3.63, 3.8) is 0 Å². The summed E-state index contributed by atoms with van der Waals surface area (Å²) in [6.45, 7) is 3.81. The molecule has 1 atom stereocenters. The van der Waals surface area contributed by atoms with E-state index < -0.39 is 0 Å². The fourth-order valence-electron chi connectivity index (χ4n) is 1.27. The van der Waals surface area contributed by atoms with Crippen LogP contribution in [0.15, 0.2) is 18.2 Å². The zero-order valence-electron chi connectivity index (χ0n) is 9.46. The molecule has 0 aromatic heterocycles. The molecule has 0 saturated heterocycles. The first-order valence-corrected chi connectivity index (χ1v) is 6.37. The van der Waals surface area contributed by atoms with Crippen molar-refractivity contribution in [3.8, 4) is 5.75 Å². The van der Waals surface area contributed by atoms with Crippen LogP contribution in [0.1, 0.15) is 29.3 Å². The van der Waals surface area contributed by atoms with E-state index in [1.807, 2.05) is 6.92 Å². The molecule has 0 aliphatic heterocycles. The Morgan fingerprint density at radius 3 is 2.75 bits per heavy atom. The largest absolute Gasteiger partial charge is 0.508 e. The molecule has 2 N–H and O–H groups in total. The standard InChI is InChI=1S/C12H16BrNO2/c1-3-10(7-13)14-12(16)9-5-4-8(2)11(15)6-9/h4-6,10,15H,3,7H2,1-2H3,(H,14,16). The summed E-state index contributed by atoms with van der Waals surface area (Å²) in [7, 11) is 0. The number of phenols is 1. The molecular formula is C12H16BrNO2. The van der Waals surface area contributed by atoms with Crippen LogP contribution < -0.4 is 5.32 Å². The number of benzene rings is 1. The van der Waals surface area contributed by atoms with Crippen molar-refractivity contribution in [1.82, 2.24) is 5.32 Å². The molecule has 1 aromatic carbocycles.